The quantitative estimate of drug-likeness (QED) is 0.599. The second-order valence-corrected chi connectivity index (χ2v) is 7.55. The molecule has 3 rings (SSSR count). The highest BCUT2D eigenvalue weighted by molar-refractivity contribution is 7.98. The van der Waals surface area contributed by atoms with Gasteiger partial charge in [0.05, 0.1) is 19.8 Å². The van der Waals surface area contributed by atoms with E-state index in [1.165, 1.54) is 26.0 Å². The Hall–Kier alpha value is -2.07. The van der Waals surface area contributed by atoms with Gasteiger partial charge in [-0.15, -0.1) is 21.5 Å². The summed E-state index contributed by atoms with van der Waals surface area (Å²) in [4.78, 5) is 24.4. The van der Waals surface area contributed by atoms with Crippen molar-refractivity contribution in [1.82, 2.24) is 14.8 Å². The Labute approximate surface area is 152 Å². The van der Waals surface area contributed by atoms with Gasteiger partial charge in [-0.05, 0) is 19.8 Å². The van der Waals surface area contributed by atoms with Crippen LogP contribution < -0.4 is 5.73 Å². The van der Waals surface area contributed by atoms with E-state index in [0.29, 0.717) is 22.2 Å². The van der Waals surface area contributed by atoms with Crippen molar-refractivity contribution in [2.24, 2.45) is 0 Å². The van der Waals surface area contributed by atoms with Crippen LogP contribution in [0.4, 0.5) is 5.00 Å². The van der Waals surface area contributed by atoms with E-state index in [-0.39, 0.29) is 10.6 Å². The number of ether oxygens (including phenoxy) is 2. The maximum absolute atomic E-state index is 12.1. The number of thiophene rings is 1. The van der Waals surface area contributed by atoms with Gasteiger partial charge in [-0.3, -0.25) is 0 Å². The minimum atomic E-state index is -0.570. The van der Waals surface area contributed by atoms with Crippen LogP contribution in [0.3, 0.4) is 0 Å². The van der Waals surface area contributed by atoms with E-state index in [9.17, 15) is 9.59 Å². The van der Waals surface area contributed by atoms with Crippen molar-refractivity contribution in [2.45, 2.75) is 36.7 Å². The topological polar surface area (TPSA) is 109 Å². The molecule has 1 fully saturated rings. The van der Waals surface area contributed by atoms with E-state index in [0.717, 1.165) is 35.2 Å². The zero-order valence-electron chi connectivity index (χ0n) is 14.1. The smallest absolute Gasteiger partial charge is 0.348 e. The number of rotatable bonds is 6. The van der Waals surface area contributed by atoms with Gasteiger partial charge < -0.3 is 19.8 Å². The fraction of sp³-hybridized carbons (Fsp3) is 0.467. The van der Waals surface area contributed by atoms with Crippen LogP contribution in [-0.4, -0.2) is 40.9 Å². The molecule has 0 atom stereocenters. The minimum absolute atomic E-state index is 0.217. The Balaban J connectivity index is 1.93. The van der Waals surface area contributed by atoms with Gasteiger partial charge in [0.2, 0.25) is 0 Å². The van der Waals surface area contributed by atoms with E-state index in [1.54, 1.807) is 0 Å². The zero-order valence-corrected chi connectivity index (χ0v) is 15.7. The molecule has 0 saturated heterocycles. The van der Waals surface area contributed by atoms with Crippen LogP contribution in [0, 0.1) is 6.92 Å². The molecule has 1 saturated carbocycles. The number of methoxy groups -OCH3 is 2. The summed E-state index contributed by atoms with van der Waals surface area (Å²) in [6.45, 7) is 1.91. The van der Waals surface area contributed by atoms with Crippen molar-refractivity contribution in [3.8, 4) is 0 Å². The van der Waals surface area contributed by atoms with Gasteiger partial charge in [0.25, 0.3) is 0 Å². The van der Waals surface area contributed by atoms with Gasteiger partial charge in [-0.2, -0.15) is 0 Å². The summed E-state index contributed by atoms with van der Waals surface area (Å²) in [5.74, 6) is 0.103. The summed E-state index contributed by atoms with van der Waals surface area (Å²) in [7, 11) is 2.57. The van der Waals surface area contributed by atoms with E-state index in [1.807, 2.05) is 6.92 Å². The molecule has 10 heteroatoms. The Morgan fingerprint density at radius 1 is 1.28 bits per heavy atom. The predicted molar refractivity (Wildman–Crippen MR) is 94.0 cm³/mol. The van der Waals surface area contributed by atoms with Crippen molar-refractivity contribution in [3.63, 3.8) is 0 Å². The molecule has 25 heavy (non-hydrogen) atoms. The van der Waals surface area contributed by atoms with E-state index in [4.69, 9.17) is 15.2 Å². The Bertz CT molecular complexity index is 826. The largest absolute Gasteiger partial charge is 0.465 e. The second kappa shape index (κ2) is 7.04. The van der Waals surface area contributed by atoms with Crippen LogP contribution in [0.25, 0.3) is 0 Å². The number of esters is 2. The van der Waals surface area contributed by atoms with Crippen LogP contribution >= 0.6 is 23.1 Å². The molecule has 0 aromatic carbocycles. The molecule has 0 amide bonds. The van der Waals surface area contributed by atoms with E-state index < -0.39 is 11.9 Å². The molecule has 0 aliphatic heterocycles. The molecule has 2 N–H and O–H groups in total. The molecular weight excluding hydrogens is 364 g/mol. The van der Waals surface area contributed by atoms with Crippen molar-refractivity contribution in [2.75, 3.05) is 20.0 Å². The van der Waals surface area contributed by atoms with Gasteiger partial charge in [-0.1, -0.05) is 11.8 Å². The van der Waals surface area contributed by atoms with Crippen LogP contribution in [0.15, 0.2) is 5.16 Å². The first-order valence-corrected chi connectivity index (χ1v) is 9.40. The average molecular weight is 382 g/mol. The van der Waals surface area contributed by atoms with Crippen LogP contribution in [0.2, 0.25) is 0 Å². The first-order valence-electron chi connectivity index (χ1n) is 7.60. The highest BCUT2D eigenvalue weighted by atomic mass is 32.2. The number of thioether (sulfide) groups is 1. The lowest BCUT2D eigenvalue weighted by Crippen LogP contribution is -2.09. The molecule has 2 aromatic heterocycles. The summed E-state index contributed by atoms with van der Waals surface area (Å²) < 4.78 is 11.7. The van der Waals surface area contributed by atoms with Gasteiger partial charge in [-0.25, -0.2) is 9.59 Å². The first-order chi connectivity index (χ1) is 12.0. The highest BCUT2D eigenvalue weighted by Gasteiger charge is 2.30. The molecule has 2 heterocycles. The highest BCUT2D eigenvalue weighted by Crippen LogP contribution is 2.41. The summed E-state index contributed by atoms with van der Waals surface area (Å²) in [5.41, 5.74) is 6.67. The van der Waals surface area contributed by atoms with Gasteiger partial charge >= 0.3 is 11.9 Å². The summed E-state index contributed by atoms with van der Waals surface area (Å²) in [6, 6.07) is 0.435. The number of hydrogen-bond donors (Lipinski definition) is 1. The SMILES string of the molecule is COC(=O)c1sc(N)c(C(=O)OC)c1CSc1nnc(C)n1C1CC1. The number of nitrogen functional groups attached to an aromatic ring is 1. The molecule has 2 aromatic rings. The van der Waals surface area contributed by atoms with Gasteiger partial charge in [0.15, 0.2) is 5.16 Å². The fourth-order valence-electron chi connectivity index (χ4n) is 2.54. The Morgan fingerprint density at radius 2 is 1.96 bits per heavy atom. The number of carbonyl (C=O) groups excluding carboxylic acids is 2. The lowest BCUT2D eigenvalue weighted by Gasteiger charge is -2.08. The van der Waals surface area contributed by atoms with Crippen LogP contribution in [0.5, 0.6) is 0 Å². The normalized spacial score (nSPS) is 13.7. The third-order valence-electron chi connectivity index (χ3n) is 3.89. The van der Waals surface area contributed by atoms with E-state index in [2.05, 4.69) is 14.8 Å². The molecule has 8 nitrogen and oxygen atoms in total. The molecule has 0 radical (unpaired) electrons. The number of nitrogens with zero attached hydrogens (tertiary/aromatic N) is 3. The molecule has 0 spiro atoms. The lowest BCUT2D eigenvalue weighted by atomic mass is 10.1. The maximum atomic E-state index is 12.1. The molecule has 134 valence electrons. The van der Waals surface area contributed by atoms with Crippen LogP contribution in [-0.2, 0) is 15.2 Å². The van der Waals surface area contributed by atoms with E-state index >= 15 is 0 Å². The predicted octanol–water partition coefficient (Wildman–Crippen LogP) is 2.43. The Kier molecular flexibility index (Phi) is 5.00. The minimum Gasteiger partial charge on any atom is -0.465 e. The lowest BCUT2D eigenvalue weighted by molar-refractivity contribution is 0.0601. The monoisotopic (exact) mass is 382 g/mol. The van der Waals surface area contributed by atoms with Crippen LogP contribution in [0.1, 0.15) is 50.3 Å². The van der Waals surface area contributed by atoms with Crippen molar-refractivity contribution < 1.29 is 19.1 Å². The van der Waals surface area contributed by atoms with Crippen molar-refractivity contribution >= 4 is 40.0 Å². The van der Waals surface area contributed by atoms with Crippen molar-refractivity contribution in [3.05, 3.63) is 21.8 Å². The number of aryl methyl sites for hydroxylation is 1. The summed E-state index contributed by atoms with van der Waals surface area (Å²) in [5, 5.41) is 9.33. The number of anilines is 1. The van der Waals surface area contributed by atoms with Gasteiger partial charge in [0.1, 0.15) is 15.7 Å². The summed E-state index contributed by atoms with van der Waals surface area (Å²) >= 11 is 2.44. The second-order valence-electron chi connectivity index (χ2n) is 5.55. The molecule has 0 unspecified atom stereocenters. The third kappa shape index (κ3) is 3.36. The number of carbonyl (C=O) groups is 2. The van der Waals surface area contributed by atoms with Crippen molar-refractivity contribution in [1.29, 1.82) is 0 Å². The average Bonchev–Trinajstić information content (AvgIpc) is 3.29. The standard InChI is InChI=1S/C15H18N4O4S2/c1-7-17-18-15(19(7)8-4-5-8)24-6-9-10(13(20)22-2)12(16)25-11(9)14(21)23-3/h8H,4-6,16H2,1-3H3. The fourth-order valence-corrected chi connectivity index (χ4v) is 4.71. The molecular formula is C15H18N4O4S2. The maximum Gasteiger partial charge on any atom is 0.348 e. The molecule has 1 aliphatic rings. The summed E-state index contributed by atoms with van der Waals surface area (Å²) in [6.07, 6.45) is 2.22. The zero-order chi connectivity index (χ0) is 18.1. The number of nitrogens with two attached hydrogens (primary N) is 1. The molecule has 1 aliphatic carbocycles. The Morgan fingerprint density at radius 3 is 2.56 bits per heavy atom. The molecule has 0 bridgehead atoms. The third-order valence-corrected chi connectivity index (χ3v) is 5.90. The number of hydrogen-bond acceptors (Lipinski definition) is 9. The van der Waals surface area contributed by atoms with Gasteiger partial charge in [0, 0.05) is 17.4 Å². The first kappa shape index (κ1) is 17.7. The number of aromatic nitrogens is 3.